The SMILES string of the molecule is CCCC(C)CC(O)C=C[C@H]1[C@@H]2CC(=NOCCC(=O)O)C[C@H]2C[C@@H]1O. The van der Waals surface area contributed by atoms with Crippen LogP contribution >= 0.6 is 0 Å². The number of oxime groups is 1. The third-order valence-electron chi connectivity index (χ3n) is 5.64. The molecule has 148 valence electrons. The van der Waals surface area contributed by atoms with Crippen LogP contribution in [-0.4, -0.2) is 45.8 Å². The van der Waals surface area contributed by atoms with Crippen LogP contribution in [0.1, 0.15) is 58.8 Å². The third-order valence-corrected chi connectivity index (χ3v) is 5.64. The summed E-state index contributed by atoms with van der Waals surface area (Å²) in [6.07, 6.45) is 8.27. The summed E-state index contributed by atoms with van der Waals surface area (Å²) >= 11 is 0. The van der Waals surface area contributed by atoms with Gasteiger partial charge in [-0.3, -0.25) is 4.79 Å². The maximum Gasteiger partial charge on any atom is 0.306 e. The van der Waals surface area contributed by atoms with Crippen LogP contribution in [0.15, 0.2) is 17.3 Å². The Bertz CT molecular complexity index is 518. The number of hydrogen-bond acceptors (Lipinski definition) is 5. The van der Waals surface area contributed by atoms with Crippen LogP contribution in [0.25, 0.3) is 0 Å². The molecule has 0 aromatic carbocycles. The van der Waals surface area contributed by atoms with Gasteiger partial charge in [0.15, 0.2) is 0 Å². The first kappa shape index (κ1) is 20.9. The molecule has 0 bridgehead atoms. The van der Waals surface area contributed by atoms with Crippen LogP contribution in [0.2, 0.25) is 0 Å². The zero-order chi connectivity index (χ0) is 19.1. The Kier molecular flexibility index (Phi) is 8.10. The second-order valence-electron chi connectivity index (χ2n) is 7.93. The lowest BCUT2D eigenvalue weighted by atomic mass is 9.90. The molecule has 2 aliphatic rings. The second kappa shape index (κ2) is 10.1. The van der Waals surface area contributed by atoms with Crippen LogP contribution in [0.3, 0.4) is 0 Å². The lowest BCUT2D eigenvalue weighted by Gasteiger charge is -2.18. The maximum atomic E-state index is 10.5. The largest absolute Gasteiger partial charge is 0.481 e. The molecule has 0 spiro atoms. The van der Waals surface area contributed by atoms with Crippen molar-refractivity contribution in [1.29, 1.82) is 0 Å². The molecule has 0 aromatic heterocycles. The predicted octanol–water partition coefficient (Wildman–Crippen LogP) is 2.98. The van der Waals surface area contributed by atoms with E-state index >= 15 is 0 Å². The van der Waals surface area contributed by atoms with E-state index in [0.29, 0.717) is 17.8 Å². The van der Waals surface area contributed by atoms with E-state index in [9.17, 15) is 15.0 Å². The molecule has 6 atom stereocenters. The summed E-state index contributed by atoms with van der Waals surface area (Å²) in [4.78, 5) is 15.6. The second-order valence-corrected chi connectivity index (χ2v) is 7.93. The van der Waals surface area contributed by atoms with Crippen molar-refractivity contribution >= 4 is 11.7 Å². The van der Waals surface area contributed by atoms with Gasteiger partial charge in [0.25, 0.3) is 0 Å². The van der Waals surface area contributed by atoms with Gasteiger partial charge in [-0.15, -0.1) is 0 Å². The molecule has 3 N–H and O–H groups in total. The fourth-order valence-electron chi connectivity index (χ4n) is 4.41. The molecule has 0 aromatic rings. The number of rotatable bonds is 10. The Balaban J connectivity index is 1.85. The molecule has 2 unspecified atom stereocenters. The molecular formula is C20H33NO5. The summed E-state index contributed by atoms with van der Waals surface area (Å²) in [5, 5.41) is 33.3. The molecule has 0 amide bonds. The normalized spacial score (nSPS) is 32.1. The number of nitrogens with zero attached hydrogens (tertiary/aromatic N) is 1. The van der Waals surface area contributed by atoms with Crippen LogP contribution in [0, 0.1) is 23.7 Å². The van der Waals surface area contributed by atoms with E-state index in [0.717, 1.165) is 44.2 Å². The number of fused-ring (bicyclic) bond motifs is 1. The summed E-state index contributed by atoms with van der Waals surface area (Å²) in [6, 6.07) is 0. The summed E-state index contributed by atoms with van der Waals surface area (Å²) in [5.41, 5.74) is 0.952. The summed E-state index contributed by atoms with van der Waals surface area (Å²) in [6.45, 7) is 4.39. The number of aliphatic hydroxyl groups is 2. The Morgan fingerprint density at radius 2 is 2.19 bits per heavy atom. The topological polar surface area (TPSA) is 99.4 Å². The number of carbonyl (C=O) groups is 1. The molecule has 0 radical (unpaired) electrons. The van der Waals surface area contributed by atoms with Crippen molar-refractivity contribution < 1.29 is 25.0 Å². The van der Waals surface area contributed by atoms with E-state index in [1.54, 1.807) is 0 Å². The highest BCUT2D eigenvalue weighted by Gasteiger charge is 2.46. The summed E-state index contributed by atoms with van der Waals surface area (Å²) < 4.78 is 0. The Hall–Kier alpha value is -1.40. The molecule has 26 heavy (non-hydrogen) atoms. The van der Waals surface area contributed by atoms with Gasteiger partial charge in [0.05, 0.1) is 24.3 Å². The Morgan fingerprint density at radius 1 is 1.42 bits per heavy atom. The van der Waals surface area contributed by atoms with Gasteiger partial charge in [-0.25, -0.2) is 0 Å². The van der Waals surface area contributed by atoms with Gasteiger partial charge < -0.3 is 20.2 Å². The molecule has 2 aliphatic carbocycles. The zero-order valence-electron chi connectivity index (χ0n) is 15.9. The average molecular weight is 367 g/mol. The monoisotopic (exact) mass is 367 g/mol. The van der Waals surface area contributed by atoms with Crippen molar-refractivity contribution in [1.82, 2.24) is 0 Å². The molecule has 0 heterocycles. The fraction of sp³-hybridized carbons (Fsp3) is 0.800. The lowest BCUT2D eigenvalue weighted by molar-refractivity contribution is -0.138. The van der Waals surface area contributed by atoms with Crippen LogP contribution < -0.4 is 0 Å². The Morgan fingerprint density at radius 3 is 2.88 bits per heavy atom. The van der Waals surface area contributed by atoms with Gasteiger partial charge in [0, 0.05) is 5.92 Å². The van der Waals surface area contributed by atoms with Crippen LogP contribution in [0.5, 0.6) is 0 Å². The highest BCUT2D eigenvalue weighted by molar-refractivity contribution is 5.86. The highest BCUT2D eigenvalue weighted by atomic mass is 16.6. The lowest BCUT2D eigenvalue weighted by Crippen LogP contribution is -2.18. The number of aliphatic hydroxyl groups excluding tert-OH is 2. The van der Waals surface area contributed by atoms with Crippen LogP contribution in [0.4, 0.5) is 0 Å². The van der Waals surface area contributed by atoms with Crippen molar-refractivity contribution in [2.75, 3.05) is 6.61 Å². The molecule has 2 rings (SSSR count). The predicted molar refractivity (Wildman–Crippen MR) is 99.8 cm³/mol. The van der Waals surface area contributed by atoms with E-state index < -0.39 is 12.1 Å². The molecule has 0 aliphatic heterocycles. The molecular weight excluding hydrogens is 334 g/mol. The van der Waals surface area contributed by atoms with Gasteiger partial charge in [-0.05, 0) is 43.4 Å². The summed E-state index contributed by atoms with van der Waals surface area (Å²) in [5.74, 6) is 0.353. The van der Waals surface area contributed by atoms with Crippen molar-refractivity contribution in [2.24, 2.45) is 28.8 Å². The first-order valence-electron chi connectivity index (χ1n) is 9.84. The smallest absolute Gasteiger partial charge is 0.306 e. The van der Waals surface area contributed by atoms with Crippen LogP contribution in [-0.2, 0) is 9.63 Å². The van der Waals surface area contributed by atoms with Crippen molar-refractivity contribution in [3.8, 4) is 0 Å². The first-order valence-corrected chi connectivity index (χ1v) is 9.84. The van der Waals surface area contributed by atoms with E-state index in [1.165, 1.54) is 0 Å². The quantitative estimate of drug-likeness (QED) is 0.313. The number of carboxylic acid groups (broad SMARTS) is 1. The number of hydrogen-bond donors (Lipinski definition) is 3. The van der Waals surface area contributed by atoms with Gasteiger partial charge in [-0.2, -0.15) is 0 Å². The third kappa shape index (κ3) is 6.09. The molecule has 6 nitrogen and oxygen atoms in total. The van der Waals surface area contributed by atoms with Gasteiger partial charge in [-0.1, -0.05) is 44.0 Å². The zero-order valence-corrected chi connectivity index (χ0v) is 15.9. The van der Waals surface area contributed by atoms with Gasteiger partial charge in [0.1, 0.15) is 6.61 Å². The minimum absolute atomic E-state index is 0.0443. The van der Waals surface area contributed by atoms with E-state index in [1.807, 2.05) is 12.2 Å². The highest BCUT2D eigenvalue weighted by Crippen LogP contribution is 2.47. The molecule has 2 fully saturated rings. The Labute approximate surface area is 155 Å². The molecule has 2 saturated carbocycles. The van der Waals surface area contributed by atoms with E-state index in [-0.39, 0.29) is 25.0 Å². The average Bonchev–Trinajstić information content (AvgIpc) is 3.06. The summed E-state index contributed by atoms with van der Waals surface area (Å²) in [7, 11) is 0. The minimum Gasteiger partial charge on any atom is -0.481 e. The van der Waals surface area contributed by atoms with E-state index in [4.69, 9.17) is 9.94 Å². The van der Waals surface area contributed by atoms with Gasteiger partial charge >= 0.3 is 5.97 Å². The van der Waals surface area contributed by atoms with Crippen molar-refractivity contribution in [3.05, 3.63) is 12.2 Å². The fourth-order valence-corrected chi connectivity index (χ4v) is 4.41. The number of carboxylic acids is 1. The number of aliphatic carboxylic acids is 1. The van der Waals surface area contributed by atoms with Crippen molar-refractivity contribution in [2.45, 2.75) is 71.0 Å². The minimum atomic E-state index is -0.895. The van der Waals surface area contributed by atoms with Gasteiger partial charge in [0.2, 0.25) is 0 Å². The van der Waals surface area contributed by atoms with Crippen molar-refractivity contribution in [3.63, 3.8) is 0 Å². The first-order chi connectivity index (χ1) is 12.4. The maximum absolute atomic E-state index is 10.5. The molecule has 0 saturated heterocycles. The van der Waals surface area contributed by atoms with E-state index in [2.05, 4.69) is 19.0 Å². The molecule has 6 heteroatoms. The standard InChI is InChI=1S/C20H33NO5/c1-3-4-13(2)9-16(22)5-6-17-18-12-15(10-14(18)11-19(17)23)21-26-8-7-20(24)25/h5-6,13-14,16-19,22-23H,3-4,7-12H2,1-2H3,(H,24,25)/t13?,14-,16?,17-,18+,19-/m0/s1.